The molecule has 13 heteroatoms. The van der Waals surface area contributed by atoms with Crippen molar-refractivity contribution in [2.75, 3.05) is 26.3 Å². The monoisotopic (exact) mass is 1070 g/mol. The molecule has 2 amide bonds. The number of carbonyl (C=O) groups excluding carboxylic acids is 5. The van der Waals surface area contributed by atoms with E-state index in [9.17, 15) is 29.1 Å². The fourth-order valence-electron chi connectivity index (χ4n) is 15.3. The summed E-state index contributed by atoms with van der Waals surface area (Å²) in [6, 6.07) is 32.1. The van der Waals surface area contributed by atoms with Crippen molar-refractivity contribution in [3.8, 4) is 22.3 Å². The molecule has 416 valence electrons. The molecule has 0 aliphatic heterocycles. The van der Waals surface area contributed by atoms with Gasteiger partial charge >= 0.3 is 30.1 Å². The van der Waals surface area contributed by atoms with E-state index in [1.165, 1.54) is 12.5 Å². The second-order valence-corrected chi connectivity index (χ2v) is 24.3. The van der Waals surface area contributed by atoms with Gasteiger partial charge in [0.1, 0.15) is 50.7 Å². The molecule has 6 aliphatic rings. The largest absolute Gasteiger partial charge is 0.458 e. The number of fused-ring (bicyclic) bond motifs is 10. The number of esters is 3. The van der Waals surface area contributed by atoms with Crippen molar-refractivity contribution < 1.29 is 52.8 Å². The van der Waals surface area contributed by atoms with E-state index in [2.05, 4.69) is 82.2 Å². The van der Waals surface area contributed by atoms with E-state index in [-0.39, 0.29) is 49.2 Å². The van der Waals surface area contributed by atoms with Crippen LogP contribution in [0.4, 0.5) is 9.59 Å². The normalized spacial score (nSPS) is 26.4. The zero-order valence-corrected chi connectivity index (χ0v) is 46.9. The third-order valence-corrected chi connectivity index (χ3v) is 19.1. The second-order valence-electron chi connectivity index (χ2n) is 24.3. The number of nitrogens with one attached hydrogen (secondary N) is 2. The molecule has 9 atom stereocenters. The zero-order valence-electron chi connectivity index (χ0n) is 46.9. The van der Waals surface area contributed by atoms with Gasteiger partial charge in [0, 0.05) is 29.6 Å². The predicted octanol–water partition coefficient (Wildman–Crippen LogP) is 11.9. The lowest BCUT2D eigenvalue weighted by Crippen LogP contribution is -2.64. The molecule has 0 bridgehead atoms. The SMILES string of the molecule is C=C(CC[C@@H](C)[C@H]1CC=C2C3=C([C@@H](O)[C@H](OC(C)=O)C21C)C1(C)C[C@@H](OC(=O)CNC(=O)OCC2c4ccccc4-c4ccccc42)[C@H](OC(=O)CNC(=O)OCC2c4ccccc4-c4ccccc42)C(C)(C)[C@@H]1CC3)C(C)C. The maximum atomic E-state index is 14.2. The van der Waals surface area contributed by atoms with Gasteiger partial charge in [-0.25, -0.2) is 9.59 Å². The van der Waals surface area contributed by atoms with Crippen LogP contribution in [-0.4, -0.2) is 85.9 Å². The average Bonchev–Trinajstić information content (AvgIpc) is 2.71. The van der Waals surface area contributed by atoms with E-state index in [0.717, 1.165) is 80.5 Å². The molecule has 0 radical (unpaired) electrons. The number of aliphatic hydroxyl groups is 1. The summed E-state index contributed by atoms with van der Waals surface area (Å²) < 4.78 is 30.5. The van der Waals surface area contributed by atoms with Crippen molar-refractivity contribution in [2.45, 2.75) is 130 Å². The van der Waals surface area contributed by atoms with Crippen molar-refractivity contribution in [3.05, 3.63) is 154 Å². The number of amides is 2. The quantitative estimate of drug-likeness (QED) is 0.0553. The molecule has 4 aromatic rings. The van der Waals surface area contributed by atoms with Gasteiger partial charge in [-0.2, -0.15) is 0 Å². The Kier molecular flexibility index (Phi) is 15.4. The molecule has 1 fully saturated rings. The highest BCUT2D eigenvalue weighted by Gasteiger charge is 2.66. The Labute approximate surface area is 464 Å². The Hall–Kier alpha value is -6.99. The van der Waals surface area contributed by atoms with Gasteiger partial charge in [0.15, 0.2) is 0 Å². The molecule has 0 heterocycles. The molecule has 0 saturated heterocycles. The summed E-state index contributed by atoms with van der Waals surface area (Å²) in [6.07, 6.45) is 0.414. The second kappa shape index (κ2) is 21.9. The Morgan fingerprint density at radius 1 is 0.684 bits per heavy atom. The van der Waals surface area contributed by atoms with Gasteiger partial charge in [0.05, 0.1) is 0 Å². The summed E-state index contributed by atoms with van der Waals surface area (Å²) >= 11 is 0. The number of hydrogen-bond acceptors (Lipinski definition) is 11. The molecule has 0 spiro atoms. The zero-order chi connectivity index (χ0) is 56.1. The van der Waals surface area contributed by atoms with Gasteiger partial charge in [-0.3, -0.25) is 14.4 Å². The minimum absolute atomic E-state index is 0.0463. The van der Waals surface area contributed by atoms with Gasteiger partial charge < -0.3 is 39.4 Å². The van der Waals surface area contributed by atoms with Gasteiger partial charge in [-0.05, 0) is 129 Å². The summed E-state index contributed by atoms with van der Waals surface area (Å²) in [6.45, 7) is 19.5. The molecule has 10 rings (SSSR count). The van der Waals surface area contributed by atoms with Crippen molar-refractivity contribution in [2.24, 2.45) is 39.9 Å². The lowest BCUT2D eigenvalue weighted by atomic mass is 9.45. The maximum Gasteiger partial charge on any atom is 0.407 e. The van der Waals surface area contributed by atoms with E-state index >= 15 is 0 Å². The van der Waals surface area contributed by atoms with Gasteiger partial charge in [0.25, 0.3) is 0 Å². The first-order chi connectivity index (χ1) is 37.7. The first kappa shape index (κ1) is 55.3. The summed E-state index contributed by atoms with van der Waals surface area (Å²) in [5.74, 6) is -1.99. The van der Waals surface area contributed by atoms with E-state index in [4.69, 9.17) is 23.7 Å². The van der Waals surface area contributed by atoms with Gasteiger partial charge in [-0.1, -0.05) is 164 Å². The number of carbonyl (C=O) groups is 5. The molecule has 79 heavy (non-hydrogen) atoms. The van der Waals surface area contributed by atoms with E-state index in [1.807, 2.05) is 86.6 Å². The Morgan fingerprint density at radius 2 is 1.16 bits per heavy atom. The molecule has 4 aromatic carbocycles. The van der Waals surface area contributed by atoms with Crippen LogP contribution in [0, 0.1) is 39.9 Å². The van der Waals surface area contributed by atoms with E-state index in [1.54, 1.807) is 0 Å². The summed E-state index contributed by atoms with van der Waals surface area (Å²) in [5.41, 5.74) is 10.1. The fourth-order valence-corrected chi connectivity index (χ4v) is 15.3. The third kappa shape index (κ3) is 10.1. The summed E-state index contributed by atoms with van der Waals surface area (Å²) in [4.78, 5) is 68.1. The van der Waals surface area contributed by atoms with Crippen LogP contribution >= 0.6 is 0 Å². The van der Waals surface area contributed by atoms with Crippen molar-refractivity contribution >= 4 is 30.1 Å². The van der Waals surface area contributed by atoms with Crippen LogP contribution in [0.5, 0.6) is 0 Å². The Balaban J connectivity index is 0.880. The number of aliphatic hydroxyl groups excluding tert-OH is 1. The predicted molar refractivity (Wildman–Crippen MR) is 300 cm³/mol. The molecule has 13 nitrogen and oxygen atoms in total. The lowest BCUT2D eigenvalue weighted by molar-refractivity contribution is -0.208. The average molecular weight is 1070 g/mol. The highest BCUT2D eigenvalue weighted by Crippen LogP contribution is 2.68. The Bertz CT molecular complexity index is 3040. The maximum absolute atomic E-state index is 14.2. The smallest absolute Gasteiger partial charge is 0.407 e. The number of ether oxygens (including phenoxy) is 5. The number of benzene rings is 4. The van der Waals surface area contributed by atoms with Crippen LogP contribution in [0.3, 0.4) is 0 Å². The van der Waals surface area contributed by atoms with Crippen LogP contribution in [0.15, 0.2) is 132 Å². The summed E-state index contributed by atoms with van der Waals surface area (Å²) in [5, 5.41) is 18.2. The van der Waals surface area contributed by atoms with Crippen LogP contribution in [0.25, 0.3) is 22.3 Å². The number of alkyl carbamates (subject to hydrolysis) is 2. The van der Waals surface area contributed by atoms with Crippen LogP contribution < -0.4 is 10.6 Å². The van der Waals surface area contributed by atoms with Crippen molar-refractivity contribution in [1.82, 2.24) is 10.6 Å². The van der Waals surface area contributed by atoms with E-state index in [0.29, 0.717) is 18.8 Å². The first-order valence-corrected chi connectivity index (χ1v) is 28.3. The Morgan fingerprint density at radius 3 is 1.65 bits per heavy atom. The summed E-state index contributed by atoms with van der Waals surface area (Å²) in [7, 11) is 0. The topological polar surface area (TPSA) is 176 Å². The number of allylic oxidation sites excluding steroid dienone is 3. The lowest BCUT2D eigenvalue weighted by Gasteiger charge is -2.62. The molecular weight excluding hydrogens is 997 g/mol. The van der Waals surface area contributed by atoms with Gasteiger partial charge in [-0.15, -0.1) is 0 Å². The molecule has 6 aliphatic carbocycles. The molecule has 0 aromatic heterocycles. The highest BCUT2D eigenvalue weighted by molar-refractivity contribution is 5.82. The number of hydrogen-bond donors (Lipinski definition) is 3. The van der Waals surface area contributed by atoms with Crippen LogP contribution in [0.1, 0.15) is 128 Å². The minimum Gasteiger partial charge on any atom is -0.458 e. The first-order valence-electron chi connectivity index (χ1n) is 28.3. The van der Waals surface area contributed by atoms with Crippen LogP contribution in [0.2, 0.25) is 0 Å². The third-order valence-electron chi connectivity index (χ3n) is 19.1. The molecule has 1 saturated carbocycles. The van der Waals surface area contributed by atoms with E-state index < -0.39 is 83.8 Å². The van der Waals surface area contributed by atoms with Crippen molar-refractivity contribution in [1.29, 1.82) is 0 Å². The van der Waals surface area contributed by atoms with Crippen molar-refractivity contribution in [3.63, 3.8) is 0 Å². The van der Waals surface area contributed by atoms with Gasteiger partial charge in [0.2, 0.25) is 0 Å². The molecule has 2 unspecified atom stereocenters. The minimum atomic E-state index is -1.20. The molecular formula is C66H76N2O11. The highest BCUT2D eigenvalue weighted by atomic mass is 16.6. The molecule has 3 N–H and O–H groups in total. The fraction of sp³-hybridized carbons (Fsp3) is 0.470. The van der Waals surface area contributed by atoms with Crippen LogP contribution in [-0.2, 0) is 38.1 Å². The standard InChI is InChI=1S/C66H76N2O11/c1-37(2)38(3)26-27-39(4)52-29-30-53-49-28-31-55-64(6,7)60(79-57(71)34-68-63(74)76-36-51-47-24-16-12-20-43(47)44-21-13-17-25-48(44)51)54(32-65(55,8)58(49)59(72)61(66(52,53)9)77-40(5)69)78-56(70)33-67-62(73)75-35-50-45-22-14-10-18-41(45)42-19-11-15-23-46(42)50/h10-25,30,37,39,50-52,54-55,59-61,72H,3,26-29,31-36H2,1-2,4-9H3,(H,67,73)(H,68,74)/t39-,52-,54-,55+,59-,60+,61+,65?,66?/m1/s1. The number of rotatable bonds is 16.